The van der Waals surface area contributed by atoms with Gasteiger partial charge in [0.2, 0.25) is 0 Å². The van der Waals surface area contributed by atoms with Crippen molar-refractivity contribution >= 4 is 41.0 Å². The molecule has 3 rings (SSSR count). The number of guanidine groups is 1. The number of halogens is 1. The van der Waals surface area contributed by atoms with Gasteiger partial charge in [-0.3, -0.25) is 9.89 Å². The van der Waals surface area contributed by atoms with Crippen molar-refractivity contribution in [3.05, 3.63) is 30.1 Å². The number of benzene rings is 1. The van der Waals surface area contributed by atoms with Crippen molar-refractivity contribution in [2.24, 2.45) is 4.99 Å². The summed E-state index contributed by atoms with van der Waals surface area (Å²) in [5, 5.41) is 6.76. The molecule has 1 fully saturated rings. The van der Waals surface area contributed by atoms with E-state index in [2.05, 4.69) is 52.3 Å². The summed E-state index contributed by atoms with van der Waals surface area (Å²) in [6.07, 6.45) is 0.825. The van der Waals surface area contributed by atoms with E-state index < -0.39 is 0 Å². The molecule has 2 heterocycles. The molecule has 28 heavy (non-hydrogen) atoms. The van der Waals surface area contributed by atoms with Gasteiger partial charge in [-0.15, -0.1) is 24.0 Å². The van der Waals surface area contributed by atoms with Gasteiger partial charge >= 0.3 is 0 Å². The molecule has 0 saturated carbocycles. The van der Waals surface area contributed by atoms with Crippen LogP contribution in [0.1, 0.15) is 26.6 Å². The number of nitrogens with zero attached hydrogens (tertiary/aromatic N) is 3. The Hall–Kier alpha value is -1.39. The first-order chi connectivity index (χ1) is 13.1. The Bertz CT molecular complexity index is 721. The lowest BCUT2D eigenvalue weighted by atomic mass is 10.0. The molecule has 0 radical (unpaired) electrons. The molecule has 1 aromatic heterocycles. The van der Waals surface area contributed by atoms with Crippen LogP contribution < -0.4 is 10.6 Å². The first kappa shape index (κ1) is 22.9. The fourth-order valence-electron chi connectivity index (χ4n) is 3.31. The summed E-state index contributed by atoms with van der Waals surface area (Å²) in [6, 6.07) is 8.12. The van der Waals surface area contributed by atoms with Crippen molar-refractivity contribution in [1.82, 2.24) is 25.5 Å². The Kier molecular flexibility index (Phi) is 8.97. The van der Waals surface area contributed by atoms with Crippen LogP contribution >= 0.6 is 24.0 Å². The number of rotatable bonds is 7. The van der Waals surface area contributed by atoms with Gasteiger partial charge in [-0.2, -0.15) is 0 Å². The molecule has 0 aliphatic carbocycles. The zero-order valence-electron chi connectivity index (χ0n) is 17.1. The van der Waals surface area contributed by atoms with E-state index in [0.29, 0.717) is 0 Å². The van der Waals surface area contributed by atoms with Crippen LogP contribution in [0, 0.1) is 0 Å². The molecular formula is C20H33IN6O. The Morgan fingerprint density at radius 1 is 1.25 bits per heavy atom. The predicted octanol–water partition coefficient (Wildman–Crippen LogP) is 2.39. The fourth-order valence-corrected chi connectivity index (χ4v) is 3.31. The van der Waals surface area contributed by atoms with E-state index >= 15 is 0 Å². The summed E-state index contributed by atoms with van der Waals surface area (Å²) in [5.41, 5.74) is 2.12. The lowest BCUT2D eigenvalue weighted by Gasteiger charge is -2.39. The van der Waals surface area contributed by atoms with Gasteiger partial charge in [0.05, 0.1) is 30.8 Å². The molecule has 2 aromatic rings. The first-order valence-electron chi connectivity index (χ1n) is 9.87. The van der Waals surface area contributed by atoms with Crippen LogP contribution in [0.25, 0.3) is 11.0 Å². The number of aromatic amines is 1. The lowest BCUT2D eigenvalue weighted by Crippen LogP contribution is -2.52. The maximum atomic E-state index is 5.46. The predicted molar refractivity (Wildman–Crippen MR) is 126 cm³/mol. The summed E-state index contributed by atoms with van der Waals surface area (Å²) in [5.74, 6) is 1.85. The summed E-state index contributed by atoms with van der Waals surface area (Å²) in [6.45, 7) is 12.5. The maximum absolute atomic E-state index is 5.46. The number of hydrogen-bond acceptors (Lipinski definition) is 4. The number of aliphatic imine (C=N–C) groups is 1. The van der Waals surface area contributed by atoms with E-state index in [1.165, 1.54) is 0 Å². The third-order valence-electron chi connectivity index (χ3n) is 4.93. The fraction of sp³-hybridized carbons (Fsp3) is 0.600. The highest BCUT2D eigenvalue weighted by atomic mass is 127. The van der Waals surface area contributed by atoms with E-state index in [4.69, 9.17) is 9.73 Å². The Morgan fingerprint density at radius 3 is 2.71 bits per heavy atom. The molecule has 1 aromatic carbocycles. The van der Waals surface area contributed by atoms with Crippen molar-refractivity contribution in [3.8, 4) is 0 Å². The molecule has 0 unspecified atom stereocenters. The second kappa shape index (κ2) is 11.0. The van der Waals surface area contributed by atoms with Gasteiger partial charge in [0.15, 0.2) is 5.96 Å². The maximum Gasteiger partial charge on any atom is 0.191 e. The smallest absolute Gasteiger partial charge is 0.191 e. The van der Waals surface area contributed by atoms with Crippen molar-refractivity contribution in [2.75, 3.05) is 45.9 Å². The largest absolute Gasteiger partial charge is 0.379 e. The van der Waals surface area contributed by atoms with Gasteiger partial charge in [0, 0.05) is 38.1 Å². The third kappa shape index (κ3) is 6.31. The van der Waals surface area contributed by atoms with Crippen LogP contribution in [-0.4, -0.2) is 72.3 Å². The third-order valence-corrected chi connectivity index (χ3v) is 4.93. The summed E-state index contributed by atoms with van der Waals surface area (Å²) in [4.78, 5) is 15.3. The number of fused-ring (bicyclic) bond motifs is 1. The molecule has 1 saturated heterocycles. The number of nitrogens with one attached hydrogen (secondary N) is 3. The lowest BCUT2D eigenvalue weighted by molar-refractivity contribution is -0.00683. The quantitative estimate of drug-likeness (QED) is 0.309. The van der Waals surface area contributed by atoms with Crippen molar-refractivity contribution in [1.29, 1.82) is 0 Å². The molecule has 1 aliphatic heterocycles. The average molecular weight is 500 g/mol. The number of aromatic nitrogens is 2. The number of hydrogen-bond donors (Lipinski definition) is 3. The summed E-state index contributed by atoms with van der Waals surface area (Å²) in [7, 11) is 0. The van der Waals surface area contributed by atoms with Gasteiger partial charge < -0.3 is 20.4 Å². The Morgan fingerprint density at radius 2 is 2.00 bits per heavy atom. The Balaban J connectivity index is 0.00000280. The molecule has 0 spiro atoms. The molecular weight excluding hydrogens is 467 g/mol. The highest BCUT2D eigenvalue weighted by molar-refractivity contribution is 14.0. The van der Waals surface area contributed by atoms with Crippen LogP contribution in [0.15, 0.2) is 29.3 Å². The van der Waals surface area contributed by atoms with Gasteiger partial charge in [-0.1, -0.05) is 12.1 Å². The summed E-state index contributed by atoms with van der Waals surface area (Å²) < 4.78 is 5.46. The van der Waals surface area contributed by atoms with Crippen LogP contribution in [-0.2, 0) is 11.2 Å². The molecule has 7 nitrogen and oxygen atoms in total. The number of imidazole rings is 1. The van der Waals surface area contributed by atoms with Crippen LogP contribution in [0.5, 0.6) is 0 Å². The SMILES string of the molecule is CCNC(=NCC(C)(C)N1CCOCC1)NCCc1nc2ccccc2[nH]1.I. The molecule has 0 bridgehead atoms. The highest BCUT2D eigenvalue weighted by Gasteiger charge is 2.28. The molecule has 1 aliphatic rings. The van der Waals surface area contributed by atoms with Gasteiger partial charge in [0.1, 0.15) is 5.82 Å². The van der Waals surface area contributed by atoms with Crippen molar-refractivity contribution < 1.29 is 4.74 Å². The van der Waals surface area contributed by atoms with E-state index in [0.717, 1.165) is 75.2 Å². The second-order valence-electron chi connectivity index (χ2n) is 7.48. The minimum Gasteiger partial charge on any atom is -0.379 e. The van der Waals surface area contributed by atoms with Gasteiger partial charge in [0.25, 0.3) is 0 Å². The number of para-hydroxylation sites is 2. The molecule has 156 valence electrons. The van der Waals surface area contributed by atoms with Crippen LogP contribution in [0.2, 0.25) is 0 Å². The normalized spacial score (nSPS) is 16.0. The molecule has 8 heteroatoms. The zero-order valence-corrected chi connectivity index (χ0v) is 19.5. The van der Waals surface area contributed by atoms with Crippen LogP contribution in [0.3, 0.4) is 0 Å². The molecule has 0 amide bonds. The average Bonchev–Trinajstić information content (AvgIpc) is 3.09. The summed E-state index contributed by atoms with van der Waals surface area (Å²) >= 11 is 0. The second-order valence-corrected chi connectivity index (χ2v) is 7.48. The molecule has 3 N–H and O–H groups in total. The number of ether oxygens (including phenoxy) is 1. The van der Waals surface area contributed by atoms with Crippen molar-refractivity contribution in [2.45, 2.75) is 32.7 Å². The topological polar surface area (TPSA) is 77.6 Å². The number of H-pyrrole nitrogens is 1. The van der Waals surface area contributed by atoms with Gasteiger partial charge in [-0.25, -0.2) is 4.98 Å². The number of morpholine rings is 1. The first-order valence-corrected chi connectivity index (χ1v) is 9.87. The molecule has 0 atom stereocenters. The van der Waals surface area contributed by atoms with E-state index in [1.54, 1.807) is 0 Å². The van der Waals surface area contributed by atoms with E-state index in [9.17, 15) is 0 Å². The Labute approximate surface area is 184 Å². The standard InChI is InChI=1S/C20H32N6O.HI/c1-4-21-19(23-15-20(2,3)26-11-13-27-14-12-26)22-10-9-18-24-16-7-5-6-8-17(16)25-18;/h5-8H,4,9-15H2,1-3H3,(H,24,25)(H2,21,22,23);1H. The van der Waals surface area contributed by atoms with Gasteiger partial charge in [-0.05, 0) is 32.9 Å². The highest BCUT2D eigenvalue weighted by Crippen LogP contribution is 2.16. The minimum atomic E-state index is 0. The van der Waals surface area contributed by atoms with Crippen LogP contribution in [0.4, 0.5) is 0 Å². The van der Waals surface area contributed by atoms with Crippen molar-refractivity contribution in [3.63, 3.8) is 0 Å². The monoisotopic (exact) mass is 500 g/mol. The zero-order chi connectivity index (χ0) is 19.1. The van der Waals surface area contributed by atoms with E-state index in [-0.39, 0.29) is 29.5 Å². The van der Waals surface area contributed by atoms with E-state index in [1.807, 2.05) is 18.2 Å². The minimum absolute atomic E-state index is 0.